The summed E-state index contributed by atoms with van der Waals surface area (Å²) in [5.74, 6) is 6.11. The molecule has 1 aliphatic rings. The summed E-state index contributed by atoms with van der Waals surface area (Å²) in [6.45, 7) is 2.45. The molecule has 0 bridgehead atoms. The van der Waals surface area contributed by atoms with Crippen molar-refractivity contribution >= 4 is 17.4 Å². The molecular formula is C12H19N5O. The van der Waals surface area contributed by atoms with E-state index in [9.17, 15) is 4.79 Å². The Balaban J connectivity index is 1.75. The van der Waals surface area contributed by atoms with Crippen molar-refractivity contribution in [2.45, 2.75) is 19.3 Å². The monoisotopic (exact) mass is 249 g/mol. The number of pyridine rings is 1. The molecule has 1 aromatic heterocycles. The summed E-state index contributed by atoms with van der Waals surface area (Å²) in [6, 6.07) is 3.65. The summed E-state index contributed by atoms with van der Waals surface area (Å²) >= 11 is 0. The van der Waals surface area contributed by atoms with Gasteiger partial charge in [0.15, 0.2) is 0 Å². The molecule has 0 spiro atoms. The van der Waals surface area contributed by atoms with Gasteiger partial charge in [0.1, 0.15) is 5.82 Å². The van der Waals surface area contributed by atoms with Gasteiger partial charge in [-0.15, -0.1) is 0 Å². The Morgan fingerprint density at radius 1 is 1.44 bits per heavy atom. The molecule has 6 heteroatoms. The second kappa shape index (κ2) is 6.20. The first-order valence-electron chi connectivity index (χ1n) is 6.24. The number of anilines is 2. The minimum Gasteiger partial charge on any atom is -0.384 e. The molecule has 2 rings (SSSR count). The molecule has 2 heterocycles. The zero-order valence-electron chi connectivity index (χ0n) is 10.4. The van der Waals surface area contributed by atoms with Crippen LogP contribution in [0.5, 0.6) is 0 Å². The predicted molar refractivity (Wildman–Crippen MR) is 71.0 cm³/mol. The molecule has 4 N–H and O–H groups in total. The van der Waals surface area contributed by atoms with Gasteiger partial charge in [0.25, 0.3) is 0 Å². The topological polar surface area (TPSA) is 83.3 Å². The minimum atomic E-state index is 0.228. The molecule has 0 saturated carbocycles. The maximum Gasteiger partial charge on any atom is 0.224 e. The van der Waals surface area contributed by atoms with Crippen molar-refractivity contribution in [3.8, 4) is 0 Å². The maximum absolute atomic E-state index is 11.8. The summed E-state index contributed by atoms with van der Waals surface area (Å²) in [7, 11) is 0. The normalized spacial score (nSPS) is 14.6. The number of aromatic nitrogens is 1. The zero-order valence-corrected chi connectivity index (χ0v) is 10.4. The van der Waals surface area contributed by atoms with Crippen LogP contribution < -0.4 is 16.6 Å². The summed E-state index contributed by atoms with van der Waals surface area (Å²) < 4.78 is 0. The first-order chi connectivity index (χ1) is 8.79. The number of nitrogen functional groups attached to an aromatic ring is 1. The van der Waals surface area contributed by atoms with Gasteiger partial charge in [-0.05, 0) is 18.9 Å². The molecule has 1 fully saturated rings. The second-order valence-electron chi connectivity index (χ2n) is 4.34. The van der Waals surface area contributed by atoms with Gasteiger partial charge in [-0.2, -0.15) is 0 Å². The predicted octanol–water partition coefficient (Wildman–Crippen LogP) is 0.792. The van der Waals surface area contributed by atoms with Crippen molar-refractivity contribution in [2.75, 3.05) is 30.4 Å². The van der Waals surface area contributed by atoms with Gasteiger partial charge in [-0.3, -0.25) is 4.79 Å². The van der Waals surface area contributed by atoms with Crippen LogP contribution in [0.1, 0.15) is 19.3 Å². The highest BCUT2D eigenvalue weighted by Gasteiger charge is 2.16. The number of hydrogen-bond acceptors (Lipinski definition) is 5. The number of hydrazine groups is 1. The highest BCUT2D eigenvalue weighted by atomic mass is 16.2. The lowest BCUT2D eigenvalue weighted by molar-refractivity contribution is -0.129. The average Bonchev–Trinajstić information content (AvgIpc) is 2.93. The molecule has 1 aromatic rings. The van der Waals surface area contributed by atoms with Gasteiger partial charge in [0.2, 0.25) is 5.91 Å². The fourth-order valence-corrected chi connectivity index (χ4v) is 2.06. The summed E-state index contributed by atoms with van der Waals surface area (Å²) in [6.07, 6.45) is 4.46. The van der Waals surface area contributed by atoms with E-state index in [4.69, 9.17) is 5.84 Å². The van der Waals surface area contributed by atoms with Crippen LogP contribution in [0.2, 0.25) is 0 Å². The van der Waals surface area contributed by atoms with E-state index >= 15 is 0 Å². The van der Waals surface area contributed by atoms with Gasteiger partial charge in [0, 0.05) is 44.0 Å². The van der Waals surface area contributed by atoms with Crippen molar-refractivity contribution < 1.29 is 4.79 Å². The molecule has 0 unspecified atom stereocenters. The van der Waals surface area contributed by atoms with Crippen LogP contribution in [0.25, 0.3) is 0 Å². The van der Waals surface area contributed by atoms with Crippen molar-refractivity contribution in [1.29, 1.82) is 0 Å². The van der Waals surface area contributed by atoms with Crippen LogP contribution in [0, 0.1) is 0 Å². The van der Waals surface area contributed by atoms with Crippen molar-refractivity contribution in [1.82, 2.24) is 9.88 Å². The third kappa shape index (κ3) is 3.33. The van der Waals surface area contributed by atoms with Crippen LogP contribution in [0.4, 0.5) is 11.5 Å². The van der Waals surface area contributed by atoms with Gasteiger partial charge < -0.3 is 15.6 Å². The van der Waals surface area contributed by atoms with Crippen LogP contribution in [-0.4, -0.2) is 35.4 Å². The standard InChI is InChI=1S/C12H19N5O/c13-16-11-9-10(3-5-15-11)14-6-4-12(18)17-7-1-2-8-17/h3,5,9H,1-2,4,6-8,13H2,(H2,14,15,16). The van der Waals surface area contributed by atoms with Gasteiger partial charge in [-0.25, -0.2) is 10.8 Å². The van der Waals surface area contributed by atoms with Gasteiger partial charge in [0.05, 0.1) is 0 Å². The van der Waals surface area contributed by atoms with E-state index in [1.807, 2.05) is 11.0 Å². The van der Waals surface area contributed by atoms with Crippen molar-refractivity contribution in [3.05, 3.63) is 18.3 Å². The Bertz CT molecular complexity index is 403. The molecule has 0 radical (unpaired) electrons. The molecule has 0 aliphatic carbocycles. The number of nitrogens with one attached hydrogen (secondary N) is 2. The lowest BCUT2D eigenvalue weighted by Gasteiger charge is -2.15. The number of carbonyl (C=O) groups excluding carboxylic acids is 1. The quantitative estimate of drug-likeness (QED) is 0.531. The Labute approximate surface area is 107 Å². The zero-order chi connectivity index (χ0) is 12.8. The number of nitrogens with zero attached hydrogens (tertiary/aromatic N) is 2. The van der Waals surface area contributed by atoms with Crippen LogP contribution in [0.15, 0.2) is 18.3 Å². The first-order valence-corrected chi connectivity index (χ1v) is 6.24. The van der Waals surface area contributed by atoms with E-state index in [1.54, 1.807) is 12.3 Å². The molecular weight excluding hydrogens is 230 g/mol. The molecule has 0 atom stereocenters. The number of carbonyl (C=O) groups is 1. The smallest absolute Gasteiger partial charge is 0.224 e. The number of likely N-dealkylation sites (tertiary alicyclic amines) is 1. The van der Waals surface area contributed by atoms with E-state index in [0.717, 1.165) is 31.6 Å². The van der Waals surface area contributed by atoms with Gasteiger partial charge in [-0.1, -0.05) is 0 Å². The fraction of sp³-hybridized carbons (Fsp3) is 0.500. The number of amides is 1. The maximum atomic E-state index is 11.8. The SMILES string of the molecule is NNc1cc(NCCC(=O)N2CCCC2)ccn1. The minimum absolute atomic E-state index is 0.228. The average molecular weight is 249 g/mol. The first kappa shape index (κ1) is 12.6. The molecule has 1 saturated heterocycles. The van der Waals surface area contributed by atoms with Crippen molar-refractivity contribution in [2.24, 2.45) is 5.84 Å². The summed E-state index contributed by atoms with van der Waals surface area (Å²) in [5, 5.41) is 3.19. The van der Waals surface area contributed by atoms with Gasteiger partial charge >= 0.3 is 0 Å². The van der Waals surface area contributed by atoms with Crippen LogP contribution in [0.3, 0.4) is 0 Å². The van der Waals surface area contributed by atoms with E-state index in [-0.39, 0.29) is 5.91 Å². The van der Waals surface area contributed by atoms with Crippen LogP contribution in [-0.2, 0) is 4.79 Å². The Morgan fingerprint density at radius 3 is 2.94 bits per heavy atom. The molecule has 18 heavy (non-hydrogen) atoms. The highest BCUT2D eigenvalue weighted by Crippen LogP contribution is 2.12. The largest absolute Gasteiger partial charge is 0.384 e. The molecule has 0 aromatic carbocycles. The molecule has 1 aliphatic heterocycles. The fourth-order valence-electron chi connectivity index (χ4n) is 2.06. The number of rotatable bonds is 5. The third-order valence-electron chi connectivity index (χ3n) is 3.03. The van der Waals surface area contributed by atoms with E-state index in [1.165, 1.54) is 0 Å². The van der Waals surface area contributed by atoms with E-state index < -0.39 is 0 Å². The third-order valence-corrected chi connectivity index (χ3v) is 3.03. The Morgan fingerprint density at radius 2 is 2.22 bits per heavy atom. The number of nitrogens with two attached hydrogens (primary N) is 1. The molecule has 6 nitrogen and oxygen atoms in total. The molecule has 1 amide bonds. The molecule has 98 valence electrons. The van der Waals surface area contributed by atoms with Crippen LogP contribution >= 0.6 is 0 Å². The van der Waals surface area contributed by atoms with E-state index in [2.05, 4.69) is 15.7 Å². The summed E-state index contributed by atoms with van der Waals surface area (Å²) in [5.41, 5.74) is 3.39. The number of hydrogen-bond donors (Lipinski definition) is 3. The van der Waals surface area contributed by atoms with E-state index in [0.29, 0.717) is 18.8 Å². The van der Waals surface area contributed by atoms with Crippen molar-refractivity contribution in [3.63, 3.8) is 0 Å². The highest BCUT2D eigenvalue weighted by molar-refractivity contribution is 5.77. The summed E-state index contributed by atoms with van der Waals surface area (Å²) in [4.78, 5) is 17.7. The lowest BCUT2D eigenvalue weighted by Crippen LogP contribution is -2.29. The second-order valence-corrected chi connectivity index (χ2v) is 4.34. The Hall–Kier alpha value is -1.82. The lowest BCUT2D eigenvalue weighted by atomic mass is 10.3. The Kier molecular flexibility index (Phi) is 4.35.